The summed E-state index contributed by atoms with van der Waals surface area (Å²) >= 11 is 0. The lowest BCUT2D eigenvalue weighted by molar-refractivity contribution is 0.224. The molecule has 104 valence electrons. The Labute approximate surface area is 113 Å². The van der Waals surface area contributed by atoms with E-state index in [0.717, 1.165) is 43.2 Å². The van der Waals surface area contributed by atoms with Crippen LogP contribution in [-0.2, 0) is 11.8 Å². The molecular formula is C16H22FNO. The fraction of sp³-hybridized carbons (Fsp3) is 0.625. The van der Waals surface area contributed by atoms with Crippen molar-refractivity contribution in [3.05, 3.63) is 29.1 Å². The Morgan fingerprint density at radius 2 is 2.21 bits per heavy atom. The molecule has 19 heavy (non-hydrogen) atoms. The summed E-state index contributed by atoms with van der Waals surface area (Å²) < 4.78 is 14.2. The Kier molecular flexibility index (Phi) is 3.05. The Balaban J connectivity index is 2.23. The Morgan fingerprint density at radius 1 is 1.42 bits per heavy atom. The molecule has 1 aromatic carbocycles. The van der Waals surface area contributed by atoms with Crippen LogP contribution in [0.25, 0.3) is 0 Å². The van der Waals surface area contributed by atoms with Crippen molar-refractivity contribution in [1.82, 2.24) is 0 Å². The Hall–Kier alpha value is -1.09. The van der Waals surface area contributed by atoms with Crippen molar-refractivity contribution in [2.75, 3.05) is 0 Å². The molecule has 0 amide bonds. The van der Waals surface area contributed by atoms with Crippen LogP contribution < -0.4 is 5.73 Å². The highest BCUT2D eigenvalue weighted by Gasteiger charge is 2.47. The van der Waals surface area contributed by atoms with Gasteiger partial charge in [-0.1, -0.05) is 19.8 Å². The van der Waals surface area contributed by atoms with Gasteiger partial charge in [-0.15, -0.1) is 0 Å². The third kappa shape index (κ3) is 1.78. The third-order valence-electron chi connectivity index (χ3n) is 5.41. The molecule has 2 aliphatic rings. The molecule has 0 heterocycles. The lowest BCUT2D eigenvalue weighted by Gasteiger charge is -2.46. The van der Waals surface area contributed by atoms with Crippen LogP contribution in [-0.4, -0.2) is 11.1 Å². The molecule has 2 aliphatic carbocycles. The number of rotatable bonds is 1. The summed E-state index contributed by atoms with van der Waals surface area (Å²) in [5.41, 5.74) is 8.17. The van der Waals surface area contributed by atoms with Gasteiger partial charge >= 0.3 is 0 Å². The smallest absolute Gasteiger partial charge is 0.130 e. The predicted molar refractivity (Wildman–Crippen MR) is 73.7 cm³/mol. The number of phenolic OH excluding ortho intramolecular Hbond substituents is 1. The number of nitrogens with two attached hydrogens (primary N) is 1. The number of benzene rings is 1. The van der Waals surface area contributed by atoms with Crippen molar-refractivity contribution < 1.29 is 9.50 Å². The maximum absolute atomic E-state index is 14.2. The van der Waals surface area contributed by atoms with E-state index in [4.69, 9.17) is 5.73 Å². The number of halogens is 1. The summed E-state index contributed by atoms with van der Waals surface area (Å²) in [6.07, 6.45) is 6.08. The number of hydrogen-bond acceptors (Lipinski definition) is 2. The zero-order valence-electron chi connectivity index (χ0n) is 11.5. The third-order valence-corrected chi connectivity index (χ3v) is 5.41. The van der Waals surface area contributed by atoms with Gasteiger partial charge in [-0.05, 0) is 48.8 Å². The minimum Gasteiger partial charge on any atom is -0.508 e. The molecular weight excluding hydrogens is 241 g/mol. The van der Waals surface area contributed by atoms with Crippen molar-refractivity contribution in [1.29, 1.82) is 0 Å². The summed E-state index contributed by atoms with van der Waals surface area (Å²) in [6, 6.07) is 3.09. The van der Waals surface area contributed by atoms with Crippen molar-refractivity contribution in [2.24, 2.45) is 11.7 Å². The van der Waals surface area contributed by atoms with Gasteiger partial charge in [-0.25, -0.2) is 4.39 Å². The van der Waals surface area contributed by atoms with Crippen molar-refractivity contribution >= 4 is 0 Å². The van der Waals surface area contributed by atoms with E-state index in [1.54, 1.807) is 6.07 Å². The molecule has 3 N–H and O–H groups in total. The second-order valence-corrected chi connectivity index (χ2v) is 6.20. The lowest BCUT2D eigenvalue weighted by atomic mass is 9.60. The molecule has 3 atom stereocenters. The van der Waals surface area contributed by atoms with E-state index in [1.807, 2.05) is 0 Å². The van der Waals surface area contributed by atoms with E-state index < -0.39 is 0 Å². The van der Waals surface area contributed by atoms with E-state index in [2.05, 4.69) is 6.92 Å². The maximum atomic E-state index is 14.2. The molecule has 0 aromatic heterocycles. The van der Waals surface area contributed by atoms with Gasteiger partial charge in [0, 0.05) is 17.5 Å². The first-order valence-electron chi connectivity index (χ1n) is 7.36. The largest absolute Gasteiger partial charge is 0.508 e. The van der Waals surface area contributed by atoms with E-state index >= 15 is 0 Å². The fourth-order valence-electron chi connectivity index (χ4n) is 4.33. The van der Waals surface area contributed by atoms with Gasteiger partial charge in [0.05, 0.1) is 0 Å². The Morgan fingerprint density at radius 3 is 2.95 bits per heavy atom. The van der Waals surface area contributed by atoms with Crippen LogP contribution in [0.15, 0.2) is 12.1 Å². The van der Waals surface area contributed by atoms with E-state index in [0.29, 0.717) is 5.92 Å². The maximum Gasteiger partial charge on any atom is 0.130 e. The van der Waals surface area contributed by atoms with Crippen LogP contribution in [0, 0.1) is 11.7 Å². The van der Waals surface area contributed by atoms with Gasteiger partial charge in [0.15, 0.2) is 0 Å². The van der Waals surface area contributed by atoms with Gasteiger partial charge in [0.25, 0.3) is 0 Å². The van der Waals surface area contributed by atoms with Gasteiger partial charge < -0.3 is 10.8 Å². The number of fused-ring (bicyclic) bond motifs is 4. The highest BCUT2D eigenvalue weighted by Crippen LogP contribution is 2.49. The van der Waals surface area contributed by atoms with Crippen LogP contribution in [0.4, 0.5) is 4.39 Å². The predicted octanol–water partition coefficient (Wildman–Crippen LogP) is 3.25. The normalized spacial score (nSPS) is 33.6. The minimum atomic E-state index is -0.258. The van der Waals surface area contributed by atoms with E-state index in [1.165, 1.54) is 12.5 Å². The van der Waals surface area contributed by atoms with Gasteiger partial charge in [0.1, 0.15) is 11.6 Å². The zero-order chi connectivity index (χ0) is 13.6. The summed E-state index contributed by atoms with van der Waals surface area (Å²) in [5.74, 6) is 0.152. The molecule has 0 spiro atoms. The monoisotopic (exact) mass is 263 g/mol. The molecule has 3 rings (SSSR count). The van der Waals surface area contributed by atoms with Crippen molar-refractivity contribution in [3.8, 4) is 5.75 Å². The van der Waals surface area contributed by atoms with Crippen LogP contribution in [0.5, 0.6) is 5.75 Å². The number of hydrogen-bond donors (Lipinski definition) is 2. The minimum absolute atomic E-state index is 0.0268. The first-order chi connectivity index (χ1) is 9.08. The van der Waals surface area contributed by atoms with Gasteiger partial charge in [-0.3, -0.25) is 0 Å². The van der Waals surface area contributed by atoms with E-state index in [-0.39, 0.29) is 23.0 Å². The molecule has 1 unspecified atom stereocenters. The second-order valence-electron chi connectivity index (χ2n) is 6.20. The molecule has 2 bridgehead atoms. The molecule has 1 aromatic rings. The molecule has 3 heteroatoms. The fourth-order valence-corrected chi connectivity index (χ4v) is 4.33. The summed E-state index contributed by atoms with van der Waals surface area (Å²) in [4.78, 5) is 0. The zero-order valence-corrected chi connectivity index (χ0v) is 11.5. The molecule has 2 nitrogen and oxygen atoms in total. The quantitative estimate of drug-likeness (QED) is 0.817. The van der Waals surface area contributed by atoms with Crippen LogP contribution in [0.3, 0.4) is 0 Å². The summed E-state index contributed by atoms with van der Waals surface area (Å²) in [7, 11) is 0. The topological polar surface area (TPSA) is 46.2 Å². The van der Waals surface area contributed by atoms with Gasteiger partial charge in [0.2, 0.25) is 0 Å². The lowest BCUT2D eigenvalue weighted by Crippen LogP contribution is -2.52. The first kappa shape index (κ1) is 12.9. The Bertz CT molecular complexity index is 502. The van der Waals surface area contributed by atoms with Crippen LogP contribution in [0.1, 0.15) is 50.2 Å². The molecule has 1 fully saturated rings. The average molecular weight is 263 g/mol. The van der Waals surface area contributed by atoms with Crippen molar-refractivity contribution in [2.45, 2.75) is 56.9 Å². The number of phenols is 1. The standard InChI is InChI=1S/C16H22FNO/c1-2-16-6-4-3-5-10(15(16)18)7-12-13(16)8-11(19)9-14(12)17/h8-10,15,19H,2-7,18H2,1H3/t10?,15-,16+/m0/s1. The van der Waals surface area contributed by atoms with Crippen LogP contribution in [0.2, 0.25) is 0 Å². The second kappa shape index (κ2) is 4.48. The summed E-state index contributed by atoms with van der Waals surface area (Å²) in [5, 5.41) is 9.75. The first-order valence-corrected chi connectivity index (χ1v) is 7.36. The SMILES string of the molecule is CC[C@@]12CCCCC(Cc3c(F)cc(O)cc31)[C@@H]2N. The van der Waals surface area contributed by atoms with Gasteiger partial charge in [-0.2, -0.15) is 0 Å². The molecule has 0 aliphatic heterocycles. The summed E-state index contributed by atoms with van der Waals surface area (Å²) in [6.45, 7) is 2.14. The molecule has 0 saturated heterocycles. The average Bonchev–Trinajstić information content (AvgIpc) is 2.48. The molecule has 0 radical (unpaired) electrons. The highest BCUT2D eigenvalue weighted by molar-refractivity contribution is 5.45. The number of aromatic hydroxyl groups is 1. The molecule has 1 saturated carbocycles. The van der Waals surface area contributed by atoms with Crippen LogP contribution >= 0.6 is 0 Å². The highest BCUT2D eigenvalue weighted by atomic mass is 19.1. The van der Waals surface area contributed by atoms with E-state index in [9.17, 15) is 9.50 Å². The van der Waals surface area contributed by atoms with Crippen molar-refractivity contribution in [3.63, 3.8) is 0 Å².